The molecule has 1 atom stereocenters. The molecule has 0 aromatic heterocycles. The Morgan fingerprint density at radius 3 is 2.25 bits per heavy atom. The maximum absolute atomic E-state index is 12.6. The highest BCUT2D eigenvalue weighted by Crippen LogP contribution is 2.11. The van der Waals surface area contributed by atoms with Gasteiger partial charge in [0.15, 0.2) is 0 Å². The lowest BCUT2D eigenvalue weighted by atomic mass is 10.1. The highest BCUT2D eigenvalue weighted by atomic mass is 16.6. The molecular formula is C25H39NO6. The minimum absolute atomic E-state index is 0.00324. The molecule has 180 valence electrons. The Hall–Kier alpha value is -2.57. The number of hydrogen-bond acceptors (Lipinski definition) is 6. The zero-order valence-electron chi connectivity index (χ0n) is 20.0. The van der Waals surface area contributed by atoms with Crippen molar-refractivity contribution in [2.24, 2.45) is 0 Å². The molecule has 0 spiro atoms. The normalized spacial score (nSPS) is 12.0. The van der Waals surface area contributed by atoms with Crippen LogP contribution in [0.2, 0.25) is 0 Å². The molecule has 0 saturated heterocycles. The molecule has 1 aromatic carbocycles. The Labute approximate surface area is 192 Å². The zero-order chi connectivity index (χ0) is 23.8. The van der Waals surface area contributed by atoms with Crippen LogP contribution in [-0.2, 0) is 30.4 Å². The first-order valence-corrected chi connectivity index (χ1v) is 11.6. The van der Waals surface area contributed by atoms with E-state index in [0.717, 1.165) is 24.8 Å². The highest BCUT2D eigenvalue weighted by molar-refractivity contribution is 5.82. The maximum Gasteiger partial charge on any atom is 0.408 e. The molecule has 0 fully saturated rings. The van der Waals surface area contributed by atoms with Gasteiger partial charge in [0.1, 0.15) is 18.2 Å². The van der Waals surface area contributed by atoms with Crippen LogP contribution in [0.1, 0.15) is 84.6 Å². The van der Waals surface area contributed by atoms with Crippen molar-refractivity contribution in [1.29, 1.82) is 0 Å². The van der Waals surface area contributed by atoms with Gasteiger partial charge in [0.05, 0.1) is 6.61 Å². The number of rotatable bonds is 14. The quantitative estimate of drug-likeness (QED) is 0.235. The molecule has 0 heterocycles. The molecule has 0 aliphatic carbocycles. The Kier molecular flexibility index (Phi) is 13.1. The van der Waals surface area contributed by atoms with Crippen LogP contribution in [0, 0.1) is 0 Å². The summed E-state index contributed by atoms with van der Waals surface area (Å²) in [6, 6.07) is 8.23. The first kappa shape index (κ1) is 27.5. The topological polar surface area (TPSA) is 90.9 Å². The van der Waals surface area contributed by atoms with E-state index in [9.17, 15) is 14.4 Å². The molecule has 7 heteroatoms. The second-order valence-corrected chi connectivity index (χ2v) is 8.82. The van der Waals surface area contributed by atoms with E-state index in [1.54, 1.807) is 20.8 Å². The monoisotopic (exact) mass is 449 g/mol. The highest BCUT2D eigenvalue weighted by Gasteiger charge is 2.26. The third kappa shape index (κ3) is 13.7. The van der Waals surface area contributed by atoms with Crippen LogP contribution in [-0.4, -0.2) is 36.3 Å². The number of unbranched alkanes of at least 4 members (excludes halogenated alkanes) is 5. The smallest absolute Gasteiger partial charge is 0.408 e. The van der Waals surface area contributed by atoms with Crippen LogP contribution in [0.25, 0.3) is 0 Å². The predicted molar refractivity (Wildman–Crippen MR) is 123 cm³/mol. The number of hydrogen-bond donors (Lipinski definition) is 1. The number of esters is 2. The number of carbonyl (C=O) groups excluding carboxylic acids is 3. The number of nitrogens with one attached hydrogen (secondary N) is 1. The fourth-order valence-corrected chi connectivity index (χ4v) is 2.93. The average molecular weight is 450 g/mol. The first-order chi connectivity index (χ1) is 15.2. The fraction of sp³-hybridized carbons (Fsp3) is 0.640. The molecule has 1 unspecified atom stereocenters. The number of carbonyl (C=O) groups is 3. The Bertz CT molecular complexity index is 683. The number of benzene rings is 1. The molecule has 0 radical (unpaired) electrons. The Morgan fingerprint density at radius 2 is 1.59 bits per heavy atom. The van der Waals surface area contributed by atoms with E-state index in [4.69, 9.17) is 14.2 Å². The second kappa shape index (κ2) is 15.3. The van der Waals surface area contributed by atoms with Crippen LogP contribution < -0.4 is 5.32 Å². The molecule has 0 bridgehead atoms. The molecule has 1 amide bonds. The van der Waals surface area contributed by atoms with Crippen molar-refractivity contribution in [3.63, 3.8) is 0 Å². The molecule has 0 saturated carbocycles. The van der Waals surface area contributed by atoms with E-state index in [2.05, 4.69) is 12.2 Å². The summed E-state index contributed by atoms with van der Waals surface area (Å²) in [5, 5.41) is 2.52. The predicted octanol–water partition coefficient (Wildman–Crippen LogP) is 5.31. The van der Waals surface area contributed by atoms with Gasteiger partial charge < -0.3 is 19.5 Å². The van der Waals surface area contributed by atoms with Crippen molar-refractivity contribution in [2.45, 2.75) is 97.3 Å². The molecule has 7 nitrogen and oxygen atoms in total. The van der Waals surface area contributed by atoms with Crippen LogP contribution in [0.4, 0.5) is 4.79 Å². The van der Waals surface area contributed by atoms with Gasteiger partial charge in [0.2, 0.25) is 0 Å². The minimum Gasteiger partial charge on any atom is -0.466 e. The molecule has 1 N–H and O–H groups in total. The molecule has 32 heavy (non-hydrogen) atoms. The van der Waals surface area contributed by atoms with Gasteiger partial charge >= 0.3 is 18.0 Å². The van der Waals surface area contributed by atoms with E-state index >= 15 is 0 Å². The number of amides is 1. The van der Waals surface area contributed by atoms with Gasteiger partial charge in [-0.3, -0.25) is 4.79 Å². The Morgan fingerprint density at radius 1 is 0.938 bits per heavy atom. The molecule has 0 aliphatic rings. The summed E-state index contributed by atoms with van der Waals surface area (Å²) in [4.78, 5) is 36.8. The van der Waals surface area contributed by atoms with Gasteiger partial charge in [-0.15, -0.1) is 0 Å². The maximum atomic E-state index is 12.6. The first-order valence-electron chi connectivity index (χ1n) is 11.6. The van der Waals surface area contributed by atoms with E-state index in [1.807, 2.05) is 30.3 Å². The lowest BCUT2D eigenvalue weighted by Crippen LogP contribution is -2.44. The van der Waals surface area contributed by atoms with Crippen molar-refractivity contribution in [3.8, 4) is 0 Å². The third-order valence-electron chi connectivity index (χ3n) is 4.60. The van der Waals surface area contributed by atoms with Gasteiger partial charge in [-0.25, -0.2) is 9.59 Å². The summed E-state index contributed by atoms with van der Waals surface area (Å²) < 4.78 is 15.8. The van der Waals surface area contributed by atoms with Gasteiger partial charge in [0, 0.05) is 6.42 Å². The van der Waals surface area contributed by atoms with E-state index < -0.39 is 29.7 Å². The van der Waals surface area contributed by atoms with Crippen molar-refractivity contribution in [1.82, 2.24) is 5.32 Å². The molecule has 1 rings (SSSR count). The van der Waals surface area contributed by atoms with Crippen molar-refractivity contribution >= 4 is 18.0 Å². The van der Waals surface area contributed by atoms with Crippen molar-refractivity contribution in [3.05, 3.63) is 35.9 Å². The summed E-state index contributed by atoms with van der Waals surface area (Å²) in [5.74, 6) is -1.02. The SMILES string of the molecule is CCCCCCCCOC(=O)CCC(NC(=O)OC(C)(C)C)C(=O)OCc1ccccc1. The van der Waals surface area contributed by atoms with Crippen molar-refractivity contribution < 1.29 is 28.6 Å². The van der Waals surface area contributed by atoms with E-state index in [1.165, 1.54) is 19.3 Å². The molecule has 1 aromatic rings. The standard InChI is InChI=1S/C25H39NO6/c1-5-6-7-8-9-13-18-30-22(27)17-16-21(26-24(29)32-25(2,3)4)23(28)31-19-20-14-11-10-12-15-20/h10-12,14-15,21H,5-9,13,16-19H2,1-4H3,(H,26,29). The Balaban J connectivity index is 2.50. The fourth-order valence-electron chi connectivity index (χ4n) is 2.93. The van der Waals surface area contributed by atoms with Crippen molar-refractivity contribution in [2.75, 3.05) is 6.61 Å². The van der Waals surface area contributed by atoms with Crippen LogP contribution in [0.15, 0.2) is 30.3 Å². The van der Waals surface area contributed by atoms with Crippen LogP contribution in [0.3, 0.4) is 0 Å². The lowest BCUT2D eigenvalue weighted by molar-refractivity contribution is -0.148. The molecule has 0 aliphatic heterocycles. The van der Waals surface area contributed by atoms with Gasteiger partial charge in [-0.1, -0.05) is 69.4 Å². The largest absolute Gasteiger partial charge is 0.466 e. The summed E-state index contributed by atoms with van der Waals surface area (Å²) >= 11 is 0. The molecular weight excluding hydrogens is 410 g/mol. The van der Waals surface area contributed by atoms with Crippen LogP contribution >= 0.6 is 0 Å². The van der Waals surface area contributed by atoms with E-state index in [-0.39, 0.29) is 19.4 Å². The zero-order valence-corrected chi connectivity index (χ0v) is 20.0. The van der Waals surface area contributed by atoms with E-state index in [0.29, 0.717) is 6.61 Å². The number of alkyl carbamates (subject to hydrolysis) is 1. The number of ether oxygens (including phenoxy) is 3. The van der Waals surface area contributed by atoms with Gasteiger partial charge in [-0.2, -0.15) is 0 Å². The summed E-state index contributed by atoms with van der Waals surface area (Å²) in [5.41, 5.74) is 0.119. The summed E-state index contributed by atoms with van der Waals surface area (Å²) in [7, 11) is 0. The van der Waals surface area contributed by atoms with Crippen LogP contribution in [0.5, 0.6) is 0 Å². The van der Waals surface area contributed by atoms with Gasteiger partial charge in [0.25, 0.3) is 0 Å². The average Bonchev–Trinajstić information content (AvgIpc) is 2.73. The van der Waals surface area contributed by atoms with Gasteiger partial charge in [-0.05, 0) is 39.2 Å². The third-order valence-corrected chi connectivity index (χ3v) is 4.60. The lowest BCUT2D eigenvalue weighted by Gasteiger charge is -2.23. The summed E-state index contributed by atoms with van der Waals surface area (Å²) in [6.07, 6.45) is 5.95. The second-order valence-electron chi connectivity index (χ2n) is 8.82. The summed E-state index contributed by atoms with van der Waals surface area (Å²) in [6.45, 7) is 7.81. The minimum atomic E-state index is -1.00.